The minimum atomic E-state index is -0.190. The lowest BCUT2D eigenvalue weighted by Crippen LogP contribution is -2.28. The van der Waals surface area contributed by atoms with Gasteiger partial charge in [0.15, 0.2) is 11.5 Å². The van der Waals surface area contributed by atoms with Crippen LogP contribution in [0.4, 0.5) is 11.5 Å². The molecule has 1 aliphatic carbocycles. The highest BCUT2D eigenvalue weighted by Crippen LogP contribution is 2.27. The molecule has 1 fully saturated rings. The third-order valence-electron chi connectivity index (χ3n) is 4.89. The Labute approximate surface area is 157 Å². The number of carbonyl (C=O) groups excluding carboxylic acids is 1. The van der Waals surface area contributed by atoms with E-state index in [-0.39, 0.29) is 18.1 Å². The lowest BCUT2D eigenvalue weighted by Gasteiger charge is -2.26. The van der Waals surface area contributed by atoms with Crippen molar-refractivity contribution in [3.8, 4) is 11.3 Å². The predicted molar refractivity (Wildman–Crippen MR) is 105 cm³/mol. The molecule has 0 radical (unpaired) electrons. The number of nitrogens with one attached hydrogen (secondary N) is 2. The van der Waals surface area contributed by atoms with Gasteiger partial charge in [0.05, 0.1) is 11.8 Å². The van der Waals surface area contributed by atoms with E-state index in [2.05, 4.69) is 15.6 Å². The Morgan fingerprint density at radius 3 is 2.85 bits per heavy atom. The van der Waals surface area contributed by atoms with Crippen molar-refractivity contribution in [1.29, 1.82) is 0 Å². The molecular weight excluding hydrogens is 342 g/mol. The van der Waals surface area contributed by atoms with E-state index >= 15 is 0 Å². The zero-order valence-corrected chi connectivity index (χ0v) is 15.2. The summed E-state index contributed by atoms with van der Waals surface area (Å²) in [5.41, 5.74) is 3.23. The first-order valence-electron chi connectivity index (χ1n) is 9.25. The van der Waals surface area contributed by atoms with E-state index in [9.17, 15) is 9.90 Å². The molecule has 7 nitrogen and oxygen atoms in total. The van der Waals surface area contributed by atoms with Crippen LogP contribution in [0.15, 0.2) is 42.9 Å². The van der Waals surface area contributed by atoms with Crippen LogP contribution >= 0.6 is 0 Å². The van der Waals surface area contributed by atoms with Gasteiger partial charge >= 0.3 is 0 Å². The average Bonchev–Trinajstić information content (AvgIpc) is 3.12. The van der Waals surface area contributed by atoms with E-state index in [0.29, 0.717) is 0 Å². The molecule has 3 N–H and O–H groups in total. The largest absolute Gasteiger partial charge is 0.393 e. The van der Waals surface area contributed by atoms with Gasteiger partial charge in [-0.05, 0) is 37.8 Å². The summed E-state index contributed by atoms with van der Waals surface area (Å²) >= 11 is 0. The lowest BCUT2D eigenvalue weighted by molar-refractivity contribution is -0.114. The first-order chi connectivity index (χ1) is 13.1. The number of nitrogens with zero attached hydrogens (tertiary/aromatic N) is 3. The van der Waals surface area contributed by atoms with Crippen LogP contribution in [0.1, 0.15) is 32.6 Å². The third-order valence-corrected chi connectivity index (χ3v) is 4.89. The summed E-state index contributed by atoms with van der Waals surface area (Å²) in [6.07, 6.45) is 8.84. The van der Waals surface area contributed by atoms with Gasteiger partial charge in [0.1, 0.15) is 0 Å². The molecule has 1 amide bonds. The quantitative estimate of drug-likeness (QED) is 0.661. The average molecular weight is 365 g/mol. The number of hydrogen-bond donors (Lipinski definition) is 3. The Hall–Kier alpha value is -2.93. The fourth-order valence-corrected chi connectivity index (χ4v) is 3.54. The van der Waals surface area contributed by atoms with Crippen molar-refractivity contribution >= 4 is 23.1 Å². The number of amides is 1. The second-order valence-corrected chi connectivity index (χ2v) is 7.04. The number of benzene rings is 1. The molecule has 1 saturated carbocycles. The van der Waals surface area contributed by atoms with Crippen molar-refractivity contribution in [2.75, 3.05) is 10.6 Å². The molecule has 0 unspecified atom stereocenters. The summed E-state index contributed by atoms with van der Waals surface area (Å²) in [7, 11) is 0. The van der Waals surface area contributed by atoms with Crippen LogP contribution < -0.4 is 10.6 Å². The molecule has 0 aliphatic heterocycles. The van der Waals surface area contributed by atoms with Crippen molar-refractivity contribution < 1.29 is 9.90 Å². The summed E-state index contributed by atoms with van der Waals surface area (Å²) in [6.45, 7) is 1.49. The van der Waals surface area contributed by atoms with E-state index in [1.165, 1.54) is 6.92 Å². The summed E-state index contributed by atoms with van der Waals surface area (Å²) in [4.78, 5) is 20.6. The number of aromatic nitrogens is 3. The summed E-state index contributed by atoms with van der Waals surface area (Å²) < 4.78 is 1.95. The molecule has 0 bridgehead atoms. The number of hydrogen-bond acceptors (Lipinski definition) is 5. The van der Waals surface area contributed by atoms with Crippen LogP contribution in [0.2, 0.25) is 0 Å². The Bertz CT molecular complexity index is 960. The molecule has 27 heavy (non-hydrogen) atoms. The molecule has 0 atom stereocenters. The van der Waals surface area contributed by atoms with Crippen molar-refractivity contribution in [3.05, 3.63) is 42.9 Å². The highest BCUT2D eigenvalue weighted by molar-refractivity contribution is 5.89. The van der Waals surface area contributed by atoms with Crippen LogP contribution in [0.3, 0.4) is 0 Å². The first kappa shape index (κ1) is 17.5. The number of anilines is 2. The van der Waals surface area contributed by atoms with E-state index in [1.807, 2.05) is 41.1 Å². The smallest absolute Gasteiger partial charge is 0.221 e. The van der Waals surface area contributed by atoms with Gasteiger partial charge < -0.3 is 20.1 Å². The molecule has 1 aliphatic rings. The van der Waals surface area contributed by atoms with Gasteiger partial charge in [-0.1, -0.05) is 12.1 Å². The molecule has 2 aromatic heterocycles. The van der Waals surface area contributed by atoms with Gasteiger partial charge in [0.2, 0.25) is 5.91 Å². The number of carbonyl (C=O) groups is 1. The molecule has 7 heteroatoms. The highest BCUT2D eigenvalue weighted by atomic mass is 16.3. The van der Waals surface area contributed by atoms with E-state index < -0.39 is 0 Å². The van der Waals surface area contributed by atoms with Gasteiger partial charge in [0, 0.05) is 42.8 Å². The number of aliphatic hydroxyl groups excluding tert-OH is 1. The normalized spacial score (nSPS) is 19.8. The summed E-state index contributed by atoms with van der Waals surface area (Å²) in [5, 5.41) is 16.0. The standard InChI is InChI=1S/C20H23N5O2/c1-13(26)22-16-4-2-3-14(11-16)18-12-25-10-9-21-20(25)19(24-18)23-15-5-7-17(27)8-6-15/h2-4,9-12,15,17,27H,5-8H2,1H3,(H,22,26)(H,23,24). The Balaban J connectivity index is 1.67. The van der Waals surface area contributed by atoms with Crippen molar-refractivity contribution in [2.24, 2.45) is 0 Å². The fourth-order valence-electron chi connectivity index (χ4n) is 3.54. The Morgan fingerprint density at radius 2 is 2.07 bits per heavy atom. The highest BCUT2D eigenvalue weighted by Gasteiger charge is 2.21. The van der Waals surface area contributed by atoms with Crippen molar-refractivity contribution in [3.63, 3.8) is 0 Å². The zero-order valence-electron chi connectivity index (χ0n) is 15.2. The Morgan fingerprint density at radius 1 is 1.26 bits per heavy atom. The molecule has 4 rings (SSSR count). The minimum Gasteiger partial charge on any atom is -0.393 e. The van der Waals surface area contributed by atoms with Gasteiger partial charge in [0.25, 0.3) is 0 Å². The second-order valence-electron chi connectivity index (χ2n) is 7.04. The molecular formula is C20H23N5O2. The third kappa shape index (κ3) is 3.93. The van der Waals surface area contributed by atoms with Crippen LogP contribution in [-0.2, 0) is 4.79 Å². The first-order valence-corrected chi connectivity index (χ1v) is 9.25. The molecule has 140 valence electrons. The van der Waals surface area contributed by atoms with Crippen LogP contribution in [0.25, 0.3) is 16.9 Å². The maximum Gasteiger partial charge on any atom is 0.221 e. The van der Waals surface area contributed by atoms with Crippen LogP contribution in [-0.4, -0.2) is 37.5 Å². The Kier molecular flexibility index (Phi) is 4.77. The maximum absolute atomic E-state index is 11.3. The van der Waals surface area contributed by atoms with Gasteiger partial charge in [-0.15, -0.1) is 0 Å². The molecule has 0 saturated heterocycles. The van der Waals surface area contributed by atoms with Crippen molar-refractivity contribution in [1.82, 2.24) is 14.4 Å². The van der Waals surface area contributed by atoms with Crippen LogP contribution in [0.5, 0.6) is 0 Å². The summed E-state index contributed by atoms with van der Waals surface area (Å²) in [6, 6.07) is 7.91. The molecule has 1 aromatic carbocycles. The fraction of sp³-hybridized carbons (Fsp3) is 0.350. The maximum atomic E-state index is 11.3. The van der Waals surface area contributed by atoms with E-state index in [0.717, 1.165) is 54.1 Å². The minimum absolute atomic E-state index is 0.105. The molecule has 2 heterocycles. The SMILES string of the molecule is CC(=O)Nc1cccc(-c2cn3ccnc3c(NC3CCC(O)CC3)n2)c1. The van der Waals surface area contributed by atoms with Gasteiger partial charge in [-0.2, -0.15) is 0 Å². The number of fused-ring (bicyclic) bond motifs is 1. The van der Waals surface area contributed by atoms with Gasteiger partial charge in [-0.3, -0.25) is 4.79 Å². The van der Waals surface area contributed by atoms with E-state index in [4.69, 9.17) is 4.98 Å². The molecule has 3 aromatic rings. The topological polar surface area (TPSA) is 91.6 Å². The number of imidazole rings is 1. The van der Waals surface area contributed by atoms with Crippen LogP contribution in [0, 0.1) is 0 Å². The zero-order chi connectivity index (χ0) is 18.8. The number of rotatable bonds is 4. The predicted octanol–water partition coefficient (Wildman–Crippen LogP) is 3.07. The number of aliphatic hydroxyl groups is 1. The summed E-state index contributed by atoms with van der Waals surface area (Å²) in [5.74, 6) is 0.635. The monoisotopic (exact) mass is 365 g/mol. The van der Waals surface area contributed by atoms with Gasteiger partial charge in [-0.25, -0.2) is 9.97 Å². The second kappa shape index (κ2) is 7.36. The molecule has 0 spiro atoms. The lowest BCUT2D eigenvalue weighted by atomic mass is 9.93. The van der Waals surface area contributed by atoms with Crippen molar-refractivity contribution in [2.45, 2.75) is 44.8 Å². The van der Waals surface area contributed by atoms with E-state index in [1.54, 1.807) is 6.20 Å².